The smallest absolute Gasteiger partial charge is 0.0731 e. The summed E-state index contributed by atoms with van der Waals surface area (Å²) >= 11 is 5.58. The second-order valence-electron chi connectivity index (χ2n) is 5.81. The maximum Gasteiger partial charge on any atom is 0.0731 e. The second kappa shape index (κ2) is 6.06. The van der Waals surface area contributed by atoms with Crippen molar-refractivity contribution < 1.29 is 0 Å². The largest absolute Gasteiger partial charge is 0.309 e. The molecule has 2 rings (SSSR count). The van der Waals surface area contributed by atoms with E-state index in [1.807, 2.05) is 11.3 Å². The molecule has 1 atom stereocenters. The first-order chi connectivity index (χ1) is 8.57. The van der Waals surface area contributed by atoms with Crippen LogP contribution in [0.1, 0.15) is 62.4 Å². The zero-order chi connectivity index (χ0) is 13.2. The lowest BCUT2D eigenvalue weighted by Crippen LogP contribution is -2.37. The molecule has 1 fully saturated rings. The third-order valence-electron chi connectivity index (χ3n) is 4.26. The zero-order valence-electron chi connectivity index (χ0n) is 11.7. The summed E-state index contributed by atoms with van der Waals surface area (Å²) in [6, 6.07) is 2.89. The summed E-state index contributed by atoms with van der Waals surface area (Å²) in [4.78, 5) is 1.51. The Hall–Kier alpha value is 0.140. The Balaban J connectivity index is 2.26. The van der Waals surface area contributed by atoms with Gasteiger partial charge in [0.2, 0.25) is 0 Å². The topological polar surface area (TPSA) is 12.0 Å². The molecular weight excluding hydrogens is 306 g/mol. The van der Waals surface area contributed by atoms with Crippen molar-refractivity contribution in [2.45, 2.75) is 58.9 Å². The van der Waals surface area contributed by atoms with Crippen molar-refractivity contribution in [3.63, 3.8) is 0 Å². The van der Waals surface area contributed by atoms with Crippen LogP contribution in [0.15, 0.2) is 9.85 Å². The molecule has 0 bridgehead atoms. The van der Waals surface area contributed by atoms with E-state index in [0.29, 0.717) is 11.5 Å². The first-order valence-corrected chi connectivity index (χ1v) is 8.67. The van der Waals surface area contributed by atoms with Crippen molar-refractivity contribution >= 4 is 27.3 Å². The molecule has 1 aromatic rings. The van der Waals surface area contributed by atoms with Crippen LogP contribution in [0.25, 0.3) is 0 Å². The summed E-state index contributed by atoms with van der Waals surface area (Å²) in [6.45, 7) is 7.93. The van der Waals surface area contributed by atoms with Crippen molar-refractivity contribution in [2.24, 2.45) is 5.41 Å². The lowest BCUT2D eigenvalue weighted by molar-refractivity contribution is 0.148. The Labute approximate surface area is 123 Å². The normalized spacial score (nSPS) is 20.9. The third kappa shape index (κ3) is 3.00. The lowest BCUT2D eigenvalue weighted by atomic mass is 9.70. The third-order valence-corrected chi connectivity index (χ3v) is 6.46. The van der Waals surface area contributed by atoms with E-state index in [4.69, 9.17) is 0 Å². The predicted molar refractivity (Wildman–Crippen MR) is 84.4 cm³/mol. The number of nitrogens with one attached hydrogen (secondary N) is 1. The monoisotopic (exact) mass is 329 g/mol. The van der Waals surface area contributed by atoms with Gasteiger partial charge < -0.3 is 5.32 Å². The van der Waals surface area contributed by atoms with Crippen molar-refractivity contribution in [3.05, 3.63) is 20.3 Å². The van der Waals surface area contributed by atoms with E-state index in [1.165, 1.54) is 46.3 Å². The Morgan fingerprint density at radius 1 is 1.39 bits per heavy atom. The lowest BCUT2D eigenvalue weighted by Gasteiger charge is -2.41. The van der Waals surface area contributed by atoms with E-state index in [-0.39, 0.29) is 0 Å². The molecule has 1 N–H and O–H groups in total. The van der Waals surface area contributed by atoms with Gasteiger partial charge in [-0.1, -0.05) is 33.1 Å². The first-order valence-electron chi connectivity index (χ1n) is 7.06. The van der Waals surface area contributed by atoms with Crippen molar-refractivity contribution in [1.29, 1.82) is 0 Å². The summed E-state index contributed by atoms with van der Waals surface area (Å²) in [5.41, 5.74) is 1.81. The molecule has 1 unspecified atom stereocenters. The average molecular weight is 330 g/mol. The Morgan fingerprint density at radius 2 is 2.06 bits per heavy atom. The summed E-state index contributed by atoms with van der Waals surface area (Å²) in [5.74, 6) is 0. The number of halogens is 1. The standard InChI is InChI=1S/C15H24BrNS/c1-4-17-13(12-10-11(2)14(16)18-12)15(3)8-6-5-7-9-15/h10,13,17H,4-9H2,1-3H3. The van der Waals surface area contributed by atoms with Gasteiger partial charge in [-0.2, -0.15) is 0 Å². The molecule has 0 aliphatic heterocycles. The Bertz CT molecular complexity index is 374. The number of aryl methyl sites for hydroxylation is 1. The first kappa shape index (κ1) is 14.5. The van der Waals surface area contributed by atoms with Gasteiger partial charge in [0.05, 0.1) is 3.79 Å². The van der Waals surface area contributed by atoms with E-state index in [9.17, 15) is 0 Å². The zero-order valence-corrected chi connectivity index (χ0v) is 14.1. The number of hydrogen-bond donors (Lipinski definition) is 1. The number of hydrogen-bond acceptors (Lipinski definition) is 2. The van der Waals surface area contributed by atoms with Crippen LogP contribution in [0.2, 0.25) is 0 Å². The summed E-state index contributed by atoms with van der Waals surface area (Å²) in [5, 5.41) is 3.74. The number of thiophene rings is 1. The molecule has 1 aromatic heterocycles. The molecule has 102 valence electrons. The van der Waals surface area contributed by atoms with E-state index in [1.54, 1.807) is 0 Å². The summed E-state index contributed by atoms with van der Waals surface area (Å²) in [7, 11) is 0. The fraction of sp³-hybridized carbons (Fsp3) is 0.733. The van der Waals surface area contributed by atoms with Crippen LogP contribution < -0.4 is 5.32 Å². The molecule has 1 aliphatic carbocycles. The maximum atomic E-state index is 3.74. The SMILES string of the molecule is CCNC(c1cc(C)c(Br)s1)C1(C)CCCCC1. The fourth-order valence-electron chi connectivity index (χ4n) is 3.17. The van der Waals surface area contributed by atoms with Crippen molar-refractivity contribution in [1.82, 2.24) is 5.32 Å². The van der Waals surface area contributed by atoms with Gasteiger partial charge in [-0.05, 0) is 59.3 Å². The van der Waals surface area contributed by atoms with Crippen molar-refractivity contribution in [2.75, 3.05) is 6.54 Å². The molecule has 0 radical (unpaired) electrons. The molecule has 1 aliphatic rings. The van der Waals surface area contributed by atoms with E-state index >= 15 is 0 Å². The van der Waals surface area contributed by atoms with Gasteiger partial charge in [-0.15, -0.1) is 11.3 Å². The highest BCUT2D eigenvalue weighted by Crippen LogP contribution is 2.48. The van der Waals surface area contributed by atoms with Gasteiger partial charge in [0.15, 0.2) is 0 Å². The van der Waals surface area contributed by atoms with E-state index in [2.05, 4.69) is 48.1 Å². The molecule has 0 spiro atoms. The minimum Gasteiger partial charge on any atom is -0.309 e. The van der Waals surface area contributed by atoms with Gasteiger partial charge in [0.25, 0.3) is 0 Å². The molecule has 0 amide bonds. The van der Waals surface area contributed by atoms with Gasteiger partial charge in [0.1, 0.15) is 0 Å². The van der Waals surface area contributed by atoms with Gasteiger partial charge in [-0.3, -0.25) is 0 Å². The Kier molecular flexibility index (Phi) is 4.90. The highest BCUT2D eigenvalue weighted by atomic mass is 79.9. The molecular formula is C15H24BrNS. The molecule has 1 saturated carbocycles. The molecule has 3 heteroatoms. The second-order valence-corrected chi connectivity index (χ2v) is 8.21. The van der Waals surface area contributed by atoms with Crippen LogP contribution in [-0.2, 0) is 0 Å². The molecule has 18 heavy (non-hydrogen) atoms. The molecule has 0 saturated heterocycles. The fourth-order valence-corrected chi connectivity index (χ4v) is 4.99. The van der Waals surface area contributed by atoms with Crippen LogP contribution in [0, 0.1) is 12.3 Å². The van der Waals surface area contributed by atoms with Crippen LogP contribution >= 0.6 is 27.3 Å². The maximum absolute atomic E-state index is 3.74. The minimum absolute atomic E-state index is 0.436. The van der Waals surface area contributed by atoms with Gasteiger partial charge in [-0.25, -0.2) is 0 Å². The number of rotatable bonds is 4. The summed E-state index contributed by atoms with van der Waals surface area (Å²) in [6.07, 6.45) is 6.92. The van der Waals surface area contributed by atoms with Crippen molar-refractivity contribution in [3.8, 4) is 0 Å². The van der Waals surface area contributed by atoms with Crippen LogP contribution in [0.5, 0.6) is 0 Å². The van der Waals surface area contributed by atoms with E-state index in [0.717, 1.165) is 6.54 Å². The molecule has 1 nitrogen and oxygen atoms in total. The average Bonchev–Trinajstić information content (AvgIpc) is 2.67. The van der Waals surface area contributed by atoms with E-state index < -0.39 is 0 Å². The molecule has 1 heterocycles. The predicted octanol–water partition coefficient (Wildman–Crippen LogP) is 5.44. The van der Waals surface area contributed by atoms with Gasteiger partial charge in [0, 0.05) is 10.9 Å². The van der Waals surface area contributed by atoms with Crippen LogP contribution in [0.4, 0.5) is 0 Å². The minimum atomic E-state index is 0.436. The quantitative estimate of drug-likeness (QED) is 0.775. The molecule has 0 aromatic carbocycles. The highest BCUT2D eigenvalue weighted by Gasteiger charge is 2.36. The van der Waals surface area contributed by atoms with Crippen LogP contribution in [-0.4, -0.2) is 6.54 Å². The summed E-state index contributed by atoms with van der Waals surface area (Å²) < 4.78 is 1.29. The highest BCUT2D eigenvalue weighted by molar-refractivity contribution is 9.11. The van der Waals surface area contributed by atoms with Crippen LogP contribution in [0.3, 0.4) is 0 Å². The Morgan fingerprint density at radius 3 is 2.56 bits per heavy atom. The van der Waals surface area contributed by atoms with Gasteiger partial charge >= 0.3 is 0 Å².